The third kappa shape index (κ3) is 5.95. The van der Waals surface area contributed by atoms with Crippen molar-refractivity contribution in [3.63, 3.8) is 0 Å². The van der Waals surface area contributed by atoms with Gasteiger partial charge in [0.15, 0.2) is 0 Å². The number of aromatic nitrogens is 1. The third-order valence-electron chi connectivity index (χ3n) is 5.16. The van der Waals surface area contributed by atoms with E-state index in [-0.39, 0.29) is 11.4 Å². The van der Waals surface area contributed by atoms with Crippen LogP contribution in [0, 0.1) is 0 Å². The van der Waals surface area contributed by atoms with E-state index in [9.17, 15) is 4.79 Å². The van der Waals surface area contributed by atoms with Gasteiger partial charge in [-0.3, -0.25) is 10.1 Å². The summed E-state index contributed by atoms with van der Waals surface area (Å²) in [5.41, 5.74) is 2.48. The Hall–Kier alpha value is -3.28. The van der Waals surface area contributed by atoms with Gasteiger partial charge in [0.2, 0.25) is 5.91 Å². The zero-order valence-corrected chi connectivity index (χ0v) is 19.7. The fourth-order valence-electron chi connectivity index (χ4n) is 3.67. The quantitative estimate of drug-likeness (QED) is 0.300. The Kier molecular flexibility index (Phi) is 6.72. The Balaban J connectivity index is 1.52. The van der Waals surface area contributed by atoms with Gasteiger partial charge in [-0.25, -0.2) is 0 Å². The fraction of sp³-hybridized carbons (Fsp3) is 0.222. The van der Waals surface area contributed by atoms with Crippen molar-refractivity contribution in [2.45, 2.75) is 38.9 Å². The van der Waals surface area contributed by atoms with Crippen LogP contribution in [0.3, 0.4) is 0 Å². The average Bonchev–Trinajstić information content (AvgIpc) is 3.17. The summed E-state index contributed by atoms with van der Waals surface area (Å²) in [5, 5.41) is 8.14. The second kappa shape index (κ2) is 9.69. The topological polar surface area (TPSA) is 66.2 Å². The van der Waals surface area contributed by atoms with E-state index in [0.717, 1.165) is 33.5 Å². The fourth-order valence-corrected chi connectivity index (χ4v) is 3.84. The highest BCUT2D eigenvalue weighted by Crippen LogP contribution is 2.28. The van der Waals surface area contributed by atoms with Gasteiger partial charge < -0.3 is 15.0 Å². The number of hydrogen-bond acceptors (Lipinski definition) is 3. The molecule has 0 aliphatic rings. The van der Waals surface area contributed by atoms with E-state index < -0.39 is 6.04 Å². The van der Waals surface area contributed by atoms with Crippen LogP contribution in [0.4, 0.5) is 0 Å². The first-order chi connectivity index (χ1) is 15.8. The van der Waals surface area contributed by atoms with Crippen LogP contribution in [0.25, 0.3) is 10.9 Å². The zero-order chi connectivity index (χ0) is 23.4. The lowest BCUT2D eigenvalue weighted by atomic mass is 10.0. The molecule has 0 saturated heterocycles. The molecule has 6 heteroatoms. The lowest BCUT2D eigenvalue weighted by Crippen LogP contribution is -2.46. The summed E-state index contributed by atoms with van der Waals surface area (Å²) in [6.45, 7) is 6.45. The number of H-pyrrole nitrogens is 1. The molecule has 4 aromatic rings. The first-order valence-corrected chi connectivity index (χ1v) is 11.3. The molecular weight excluding hydrogens is 434 g/mol. The highest BCUT2D eigenvalue weighted by Gasteiger charge is 2.26. The molecule has 0 spiro atoms. The van der Waals surface area contributed by atoms with E-state index >= 15 is 0 Å². The van der Waals surface area contributed by atoms with Crippen molar-refractivity contribution in [2.75, 3.05) is 0 Å². The summed E-state index contributed by atoms with van der Waals surface area (Å²) >= 11 is 6.14. The molecule has 0 radical (unpaired) electrons. The first-order valence-electron chi connectivity index (χ1n) is 10.9. The SMILES string of the molecule is CC(C)(C)NC(=O)C(NCc1ccc(Oc2ccccc2)cc1)c1c[nH]c2cc(Cl)ccc12. The van der Waals surface area contributed by atoms with Gasteiger partial charge in [0.25, 0.3) is 0 Å². The lowest BCUT2D eigenvalue weighted by molar-refractivity contribution is -0.124. The minimum atomic E-state index is -0.528. The molecule has 1 amide bonds. The van der Waals surface area contributed by atoms with Crippen LogP contribution in [0.1, 0.15) is 37.9 Å². The van der Waals surface area contributed by atoms with Crippen molar-refractivity contribution in [1.29, 1.82) is 0 Å². The molecule has 0 fully saturated rings. The number of ether oxygens (including phenoxy) is 1. The number of carbonyl (C=O) groups is 1. The zero-order valence-electron chi connectivity index (χ0n) is 19.0. The van der Waals surface area contributed by atoms with Gasteiger partial charge in [-0.1, -0.05) is 48.0 Å². The maximum Gasteiger partial charge on any atom is 0.242 e. The molecule has 1 heterocycles. The van der Waals surface area contributed by atoms with Crippen molar-refractivity contribution in [3.8, 4) is 11.5 Å². The van der Waals surface area contributed by atoms with E-state index in [4.69, 9.17) is 16.3 Å². The maximum absolute atomic E-state index is 13.2. The number of aromatic amines is 1. The average molecular weight is 462 g/mol. The summed E-state index contributed by atoms with van der Waals surface area (Å²) in [5.74, 6) is 1.48. The molecule has 170 valence electrons. The maximum atomic E-state index is 13.2. The molecule has 0 aliphatic heterocycles. The van der Waals surface area contributed by atoms with Crippen LogP contribution in [0.15, 0.2) is 79.0 Å². The predicted molar refractivity (Wildman–Crippen MR) is 134 cm³/mol. The van der Waals surface area contributed by atoms with E-state index in [1.165, 1.54) is 0 Å². The molecule has 0 bridgehead atoms. The minimum absolute atomic E-state index is 0.0811. The van der Waals surface area contributed by atoms with Gasteiger partial charge >= 0.3 is 0 Å². The Labute approximate surface area is 199 Å². The van der Waals surface area contributed by atoms with E-state index in [0.29, 0.717) is 11.6 Å². The van der Waals surface area contributed by atoms with Gasteiger partial charge in [0.05, 0.1) is 0 Å². The summed E-state index contributed by atoms with van der Waals surface area (Å²) in [6.07, 6.45) is 1.87. The van der Waals surface area contributed by atoms with Gasteiger partial charge in [-0.15, -0.1) is 0 Å². The van der Waals surface area contributed by atoms with Gasteiger partial charge in [-0.2, -0.15) is 0 Å². The largest absolute Gasteiger partial charge is 0.457 e. The van der Waals surface area contributed by atoms with Crippen molar-refractivity contribution in [1.82, 2.24) is 15.6 Å². The van der Waals surface area contributed by atoms with Crippen LogP contribution < -0.4 is 15.4 Å². The normalized spacial score (nSPS) is 12.5. The molecule has 3 aromatic carbocycles. The Morgan fingerprint density at radius 1 is 1.00 bits per heavy atom. The monoisotopic (exact) mass is 461 g/mol. The Bertz CT molecular complexity index is 1230. The molecule has 1 atom stereocenters. The molecule has 33 heavy (non-hydrogen) atoms. The van der Waals surface area contributed by atoms with Crippen molar-refractivity contribution in [2.24, 2.45) is 0 Å². The van der Waals surface area contributed by atoms with Gasteiger partial charge in [-0.05, 0) is 62.7 Å². The number of nitrogens with one attached hydrogen (secondary N) is 3. The summed E-state index contributed by atoms with van der Waals surface area (Å²) < 4.78 is 5.87. The molecule has 1 aromatic heterocycles. The minimum Gasteiger partial charge on any atom is -0.457 e. The second-order valence-electron chi connectivity index (χ2n) is 9.05. The number of halogens is 1. The van der Waals surface area contributed by atoms with E-state index in [1.54, 1.807) is 0 Å². The van der Waals surface area contributed by atoms with E-state index in [2.05, 4.69) is 15.6 Å². The number of fused-ring (bicyclic) bond motifs is 1. The number of carbonyl (C=O) groups excluding carboxylic acids is 1. The number of para-hydroxylation sites is 1. The van der Waals surface area contributed by atoms with Crippen LogP contribution in [-0.4, -0.2) is 16.4 Å². The van der Waals surface area contributed by atoms with Crippen LogP contribution in [-0.2, 0) is 11.3 Å². The van der Waals surface area contributed by atoms with Gasteiger partial charge in [0.1, 0.15) is 17.5 Å². The van der Waals surface area contributed by atoms with Crippen LogP contribution in [0.5, 0.6) is 11.5 Å². The number of hydrogen-bond donors (Lipinski definition) is 3. The number of benzene rings is 3. The predicted octanol–water partition coefficient (Wildman–Crippen LogP) is 6.36. The molecule has 0 aliphatic carbocycles. The first kappa shape index (κ1) is 22.9. The summed E-state index contributed by atoms with van der Waals surface area (Å²) in [6, 6.07) is 22.7. The van der Waals surface area contributed by atoms with Crippen molar-refractivity contribution >= 4 is 28.4 Å². The second-order valence-corrected chi connectivity index (χ2v) is 9.48. The molecule has 3 N–H and O–H groups in total. The van der Waals surface area contributed by atoms with Gasteiger partial charge in [0, 0.05) is 39.8 Å². The third-order valence-corrected chi connectivity index (χ3v) is 5.39. The highest BCUT2D eigenvalue weighted by molar-refractivity contribution is 6.31. The molecule has 1 unspecified atom stereocenters. The molecule has 4 rings (SSSR count). The number of rotatable bonds is 7. The lowest BCUT2D eigenvalue weighted by Gasteiger charge is -2.25. The van der Waals surface area contributed by atoms with Crippen LogP contribution in [0.2, 0.25) is 5.02 Å². The van der Waals surface area contributed by atoms with Crippen molar-refractivity contribution in [3.05, 3.63) is 95.1 Å². The smallest absolute Gasteiger partial charge is 0.242 e. The summed E-state index contributed by atoms with van der Waals surface area (Å²) in [4.78, 5) is 16.4. The standard InChI is InChI=1S/C27H28ClN3O2/c1-27(2,3)31-26(32)25(23-17-29-24-15-19(28)11-14-22(23)24)30-16-18-9-12-21(13-10-18)33-20-7-5-4-6-8-20/h4-15,17,25,29-30H,16H2,1-3H3,(H,31,32). The van der Waals surface area contributed by atoms with Crippen LogP contribution >= 0.6 is 11.6 Å². The molecule has 5 nitrogen and oxygen atoms in total. The van der Waals surface area contributed by atoms with E-state index in [1.807, 2.05) is 99.8 Å². The highest BCUT2D eigenvalue weighted by atomic mass is 35.5. The Morgan fingerprint density at radius 3 is 2.39 bits per heavy atom. The number of amides is 1. The Morgan fingerprint density at radius 2 is 1.70 bits per heavy atom. The summed E-state index contributed by atoms with van der Waals surface area (Å²) in [7, 11) is 0. The molecule has 0 saturated carbocycles. The van der Waals surface area contributed by atoms with Crippen molar-refractivity contribution < 1.29 is 9.53 Å². The molecular formula is C27H28ClN3O2.